The summed E-state index contributed by atoms with van der Waals surface area (Å²) in [4.78, 5) is 12.6. The minimum atomic E-state index is 0.155. The maximum atomic E-state index is 11.8. The molecular formula is C23H27NOS. The zero-order chi connectivity index (χ0) is 17.7. The highest BCUT2D eigenvalue weighted by Gasteiger charge is 2.50. The Morgan fingerprint density at radius 3 is 2.23 bits per heavy atom. The number of Topliss-reactive ketones (excluding diaryl/α,β-unsaturated/α-hetero) is 1. The first kappa shape index (κ1) is 16.7. The first-order valence-electron chi connectivity index (χ1n) is 10.0. The average molecular weight is 366 g/mol. The molecule has 1 aromatic carbocycles. The maximum Gasteiger partial charge on any atom is 0.170 e. The minimum Gasteiger partial charge on any atom is -0.307 e. The summed E-state index contributed by atoms with van der Waals surface area (Å²) >= 11 is 1.54. The van der Waals surface area contributed by atoms with Crippen molar-refractivity contribution in [2.75, 3.05) is 0 Å². The van der Waals surface area contributed by atoms with Crippen molar-refractivity contribution in [3.05, 3.63) is 46.2 Å². The van der Waals surface area contributed by atoms with Gasteiger partial charge in [0.15, 0.2) is 5.78 Å². The van der Waals surface area contributed by atoms with Crippen LogP contribution >= 0.6 is 11.3 Å². The van der Waals surface area contributed by atoms with Gasteiger partial charge >= 0.3 is 0 Å². The van der Waals surface area contributed by atoms with Gasteiger partial charge in [0.2, 0.25) is 0 Å². The third-order valence-corrected chi connectivity index (χ3v) is 7.97. The molecule has 4 aliphatic carbocycles. The van der Waals surface area contributed by atoms with E-state index in [9.17, 15) is 4.79 Å². The predicted molar refractivity (Wildman–Crippen MR) is 108 cm³/mol. The molecule has 4 bridgehead atoms. The molecule has 0 unspecified atom stereocenters. The molecule has 2 nitrogen and oxygen atoms in total. The van der Waals surface area contributed by atoms with Gasteiger partial charge in [-0.05, 0) is 85.8 Å². The van der Waals surface area contributed by atoms with E-state index in [0.29, 0.717) is 5.54 Å². The highest BCUT2D eigenvalue weighted by molar-refractivity contribution is 7.12. The molecule has 1 heterocycles. The van der Waals surface area contributed by atoms with Gasteiger partial charge in [0.05, 0.1) is 4.88 Å². The second kappa shape index (κ2) is 6.31. The SMILES string of the molecule is CC(=O)c1sccc1-c1ccc(CNC23CC4CC(CC(C4)C2)C3)cc1. The number of thiophene rings is 1. The van der Waals surface area contributed by atoms with Gasteiger partial charge in [0, 0.05) is 17.6 Å². The summed E-state index contributed by atoms with van der Waals surface area (Å²) in [5.41, 5.74) is 3.99. The number of nitrogens with one attached hydrogen (secondary N) is 1. The number of benzene rings is 1. The maximum absolute atomic E-state index is 11.8. The van der Waals surface area contributed by atoms with Crippen LogP contribution in [0.5, 0.6) is 0 Å². The fraction of sp³-hybridized carbons (Fsp3) is 0.522. The smallest absolute Gasteiger partial charge is 0.170 e. The Balaban J connectivity index is 1.29. The minimum absolute atomic E-state index is 0.155. The van der Waals surface area contributed by atoms with Crippen molar-refractivity contribution < 1.29 is 4.79 Å². The quantitative estimate of drug-likeness (QED) is 0.691. The van der Waals surface area contributed by atoms with E-state index in [4.69, 9.17) is 0 Å². The molecule has 4 aliphatic rings. The molecule has 4 saturated carbocycles. The molecule has 1 aromatic heterocycles. The summed E-state index contributed by atoms with van der Waals surface area (Å²) in [5.74, 6) is 3.11. The van der Waals surface area contributed by atoms with E-state index in [2.05, 4.69) is 35.6 Å². The molecule has 6 rings (SSSR count). The zero-order valence-corrected chi connectivity index (χ0v) is 16.3. The lowest BCUT2D eigenvalue weighted by molar-refractivity contribution is -0.0206. The van der Waals surface area contributed by atoms with Crippen LogP contribution in [-0.2, 0) is 6.54 Å². The van der Waals surface area contributed by atoms with Crippen LogP contribution in [0.3, 0.4) is 0 Å². The highest BCUT2D eigenvalue weighted by Crippen LogP contribution is 2.55. The van der Waals surface area contributed by atoms with Crippen LogP contribution in [0.4, 0.5) is 0 Å². The molecule has 0 radical (unpaired) electrons. The number of ketones is 1. The fourth-order valence-electron chi connectivity index (χ4n) is 6.23. The van der Waals surface area contributed by atoms with E-state index in [0.717, 1.165) is 40.3 Å². The molecule has 0 spiro atoms. The Bertz CT molecular complexity index is 784. The summed E-state index contributed by atoms with van der Waals surface area (Å²) in [5, 5.41) is 5.98. The van der Waals surface area contributed by atoms with E-state index < -0.39 is 0 Å². The molecule has 136 valence electrons. The molecule has 1 N–H and O–H groups in total. The van der Waals surface area contributed by atoms with Gasteiger partial charge in [0.1, 0.15) is 0 Å². The van der Waals surface area contributed by atoms with Crippen LogP contribution in [0, 0.1) is 17.8 Å². The second-order valence-electron chi connectivity index (χ2n) is 8.97. The van der Waals surface area contributed by atoms with Crippen molar-refractivity contribution in [3.8, 4) is 11.1 Å². The van der Waals surface area contributed by atoms with Gasteiger partial charge in [-0.1, -0.05) is 24.3 Å². The molecular weight excluding hydrogens is 338 g/mol. The third-order valence-electron chi connectivity index (χ3n) is 6.96. The number of rotatable bonds is 5. The Morgan fingerprint density at radius 2 is 1.65 bits per heavy atom. The van der Waals surface area contributed by atoms with Gasteiger partial charge in [0.25, 0.3) is 0 Å². The van der Waals surface area contributed by atoms with Crippen LogP contribution in [0.1, 0.15) is 60.7 Å². The number of hydrogen-bond acceptors (Lipinski definition) is 3. The van der Waals surface area contributed by atoms with E-state index in [1.165, 1.54) is 55.4 Å². The first-order chi connectivity index (χ1) is 12.6. The first-order valence-corrected chi connectivity index (χ1v) is 10.9. The van der Waals surface area contributed by atoms with Crippen LogP contribution in [0.25, 0.3) is 11.1 Å². The van der Waals surface area contributed by atoms with Crippen LogP contribution in [-0.4, -0.2) is 11.3 Å². The van der Waals surface area contributed by atoms with Crippen molar-refractivity contribution in [1.29, 1.82) is 0 Å². The molecule has 0 saturated heterocycles. The summed E-state index contributed by atoms with van der Waals surface area (Å²) in [6.07, 6.45) is 8.67. The summed E-state index contributed by atoms with van der Waals surface area (Å²) < 4.78 is 0. The highest BCUT2D eigenvalue weighted by atomic mass is 32.1. The summed E-state index contributed by atoms with van der Waals surface area (Å²) in [6, 6.07) is 10.9. The molecule has 0 aliphatic heterocycles. The van der Waals surface area contributed by atoms with Crippen molar-refractivity contribution >= 4 is 17.1 Å². The second-order valence-corrected chi connectivity index (χ2v) is 9.88. The Kier molecular flexibility index (Phi) is 4.06. The normalized spacial score (nSPS) is 32.1. The van der Waals surface area contributed by atoms with E-state index >= 15 is 0 Å². The third kappa shape index (κ3) is 2.95. The summed E-state index contributed by atoms with van der Waals surface area (Å²) in [7, 11) is 0. The van der Waals surface area contributed by atoms with Crippen LogP contribution < -0.4 is 5.32 Å². The lowest BCUT2D eigenvalue weighted by Crippen LogP contribution is -2.58. The average Bonchev–Trinajstić information content (AvgIpc) is 3.09. The number of carbonyl (C=O) groups is 1. The number of carbonyl (C=O) groups excluding carboxylic acids is 1. The van der Waals surface area contributed by atoms with Gasteiger partial charge in [-0.3, -0.25) is 4.79 Å². The van der Waals surface area contributed by atoms with Gasteiger partial charge in [-0.15, -0.1) is 11.3 Å². The lowest BCUT2D eigenvalue weighted by atomic mass is 9.53. The molecule has 0 atom stereocenters. The van der Waals surface area contributed by atoms with Gasteiger partial charge in [-0.2, -0.15) is 0 Å². The molecule has 4 fully saturated rings. The monoisotopic (exact) mass is 365 g/mol. The fourth-order valence-corrected chi connectivity index (χ4v) is 7.05. The topological polar surface area (TPSA) is 29.1 Å². The van der Waals surface area contributed by atoms with Crippen LogP contribution in [0.2, 0.25) is 0 Å². The Labute approximate surface area is 160 Å². The Hall–Kier alpha value is -1.45. The van der Waals surface area contributed by atoms with E-state index in [1.54, 1.807) is 6.92 Å². The Morgan fingerprint density at radius 1 is 1.04 bits per heavy atom. The standard InChI is InChI=1S/C23H27NOS/c1-15(25)22-21(6-7-26-22)20-4-2-16(3-5-20)14-24-23-11-17-8-18(12-23)10-19(9-17)13-23/h2-7,17-19,24H,8-14H2,1H3. The number of hydrogen-bond donors (Lipinski definition) is 1. The molecule has 3 heteroatoms. The molecule has 2 aromatic rings. The van der Waals surface area contributed by atoms with Gasteiger partial charge in [-0.25, -0.2) is 0 Å². The van der Waals surface area contributed by atoms with E-state index in [1.807, 2.05) is 5.38 Å². The van der Waals surface area contributed by atoms with Crippen molar-refractivity contribution in [2.24, 2.45) is 17.8 Å². The lowest BCUT2D eigenvalue weighted by Gasteiger charge is -2.57. The zero-order valence-electron chi connectivity index (χ0n) is 15.5. The summed E-state index contributed by atoms with van der Waals surface area (Å²) in [6.45, 7) is 2.62. The molecule has 26 heavy (non-hydrogen) atoms. The molecule has 0 amide bonds. The largest absolute Gasteiger partial charge is 0.307 e. The predicted octanol–water partition coefficient (Wildman–Crippen LogP) is 5.68. The van der Waals surface area contributed by atoms with Crippen molar-refractivity contribution in [2.45, 2.75) is 57.5 Å². The van der Waals surface area contributed by atoms with E-state index in [-0.39, 0.29) is 5.78 Å². The van der Waals surface area contributed by atoms with Gasteiger partial charge < -0.3 is 5.32 Å². The van der Waals surface area contributed by atoms with Crippen molar-refractivity contribution in [3.63, 3.8) is 0 Å². The van der Waals surface area contributed by atoms with Crippen molar-refractivity contribution in [1.82, 2.24) is 5.32 Å². The van der Waals surface area contributed by atoms with Crippen LogP contribution in [0.15, 0.2) is 35.7 Å².